The van der Waals surface area contributed by atoms with Gasteiger partial charge in [-0.15, -0.1) is 11.6 Å². The topological polar surface area (TPSA) is 71.8 Å². The summed E-state index contributed by atoms with van der Waals surface area (Å²) in [5, 5.41) is 8.18. The molecular weight excluding hydrogens is 410 g/mol. The highest BCUT2D eigenvalue weighted by atomic mass is 35.5. The lowest BCUT2D eigenvalue weighted by atomic mass is 10.0. The molecule has 5 nitrogen and oxygen atoms in total. The van der Waals surface area contributed by atoms with Gasteiger partial charge in [-0.25, -0.2) is 4.39 Å². The zero-order chi connectivity index (χ0) is 20.2. The van der Waals surface area contributed by atoms with Crippen LogP contribution in [0.5, 0.6) is 0 Å². The van der Waals surface area contributed by atoms with E-state index in [2.05, 4.69) is 10.3 Å². The Balaban J connectivity index is 2.73. The molecule has 0 radical (unpaired) electrons. The highest BCUT2D eigenvalue weighted by molar-refractivity contribution is 8.13. The fourth-order valence-electron chi connectivity index (χ4n) is 2.21. The van der Waals surface area contributed by atoms with Crippen LogP contribution in [0.3, 0.4) is 0 Å². The fraction of sp³-hybridized carbons (Fsp3) is 0.312. The van der Waals surface area contributed by atoms with Crippen molar-refractivity contribution in [3.8, 4) is 11.3 Å². The third-order valence-electron chi connectivity index (χ3n) is 3.46. The van der Waals surface area contributed by atoms with Gasteiger partial charge in [0.15, 0.2) is 11.5 Å². The molecule has 0 spiro atoms. The van der Waals surface area contributed by atoms with Crippen LogP contribution in [0.2, 0.25) is 0 Å². The second-order valence-corrected chi connectivity index (χ2v) is 6.20. The van der Waals surface area contributed by atoms with Gasteiger partial charge in [-0.2, -0.15) is 18.3 Å². The molecule has 11 heteroatoms. The molecular formula is C16H14ClF4N3O2S. The van der Waals surface area contributed by atoms with Crippen LogP contribution in [-0.2, 0) is 6.18 Å². The normalized spacial score (nSPS) is 13.3. The van der Waals surface area contributed by atoms with E-state index in [0.29, 0.717) is 6.42 Å². The van der Waals surface area contributed by atoms with Crippen LogP contribution in [-0.4, -0.2) is 32.6 Å². The van der Waals surface area contributed by atoms with Gasteiger partial charge in [0.25, 0.3) is 0 Å². The molecule has 1 N–H and O–H groups in total. The summed E-state index contributed by atoms with van der Waals surface area (Å²) < 4.78 is 58.9. The second kappa shape index (κ2) is 8.75. The lowest BCUT2D eigenvalue weighted by molar-refractivity contribution is -0.140. The van der Waals surface area contributed by atoms with Crippen LogP contribution in [0.15, 0.2) is 28.7 Å². The molecule has 2 rings (SSSR count). The minimum absolute atomic E-state index is 0.161. The van der Waals surface area contributed by atoms with Crippen LogP contribution >= 0.6 is 23.4 Å². The average molecular weight is 424 g/mol. The molecule has 0 amide bonds. The van der Waals surface area contributed by atoms with Gasteiger partial charge in [0, 0.05) is 5.57 Å². The number of H-pyrrole nitrogens is 1. The van der Waals surface area contributed by atoms with E-state index in [-0.39, 0.29) is 22.7 Å². The fourth-order valence-corrected chi connectivity index (χ4v) is 2.86. The molecule has 0 bridgehead atoms. The van der Waals surface area contributed by atoms with E-state index < -0.39 is 34.1 Å². The molecule has 0 aromatic carbocycles. The number of rotatable bonds is 6. The SMILES string of the molecule is CC/C=C\C(F)=C(/CCl)c1noc(-c2cn[nH]c2C(F)(F)F)c1C(=O)SC. The highest BCUT2D eigenvalue weighted by Gasteiger charge is 2.39. The summed E-state index contributed by atoms with van der Waals surface area (Å²) in [6, 6.07) is 0. The molecule has 0 saturated heterocycles. The first-order valence-corrected chi connectivity index (χ1v) is 9.32. The lowest BCUT2D eigenvalue weighted by Gasteiger charge is -2.07. The zero-order valence-corrected chi connectivity index (χ0v) is 15.7. The Morgan fingerprint density at radius 1 is 1.44 bits per heavy atom. The maximum Gasteiger partial charge on any atom is 0.433 e. The van der Waals surface area contributed by atoms with Crippen molar-refractivity contribution in [2.75, 3.05) is 12.1 Å². The number of aromatic nitrogens is 3. The van der Waals surface area contributed by atoms with E-state index in [1.807, 2.05) is 5.10 Å². The first-order chi connectivity index (χ1) is 12.8. The summed E-state index contributed by atoms with van der Waals surface area (Å²) in [5.41, 5.74) is -2.41. The number of nitrogens with zero attached hydrogens (tertiary/aromatic N) is 2. The van der Waals surface area contributed by atoms with Crippen molar-refractivity contribution in [3.63, 3.8) is 0 Å². The van der Waals surface area contributed by atoms with Gasteiger partial charge in [0.1, 0.15) is 17.1 Å². The number of hydrogen-bond donors (Lipinski definition) is 1. The van der Waals surface area contributed by atoms with Crippen LogP contribution in [0.25, 0.3) is 16.9 Å². The number of allylic oxidation sites excluding steroid dienone is 4. The largest absolute Gasteiger partial charge is 0.433 e. The van der Waals surface area contributed by atoms with Crippen molar-refractivity contribution in [1.29, 1.82) is 0 Å². The summed E-state index contributed by atoms with van der Waals surface area (Å²) in [7, 11) is 0. The predicted molar refractivity (Wildman–Crippen MR) is 95.1 cm³/mol. The number of thioether (sulfide) groups is 1. The number of hydrogen-bond acceptors (Lipinski definition) is 5. The first-order valence-electron chi connectivity index (χ1n) is 7.56. The van der Waals surface area contributed by atoms with Gasteiger partial charge in [-0.05, 0) is 18.8 Å². The number of carbonyl (C=O) groups is 1. The third-order valence-corrected chi connectivity index (χ3v) is 4.30. The molecule has 0 atom stereocenters. The van der Waals surface area contributed by atoms with Gasteiger partial charge >= 0.3 is 6.18 Å². The second-order valence-electron chi connectivity index (χ2n) is 5.15. The molecule has 146 valence electrons. The van der Waals surface area contributed by atoms with Crippen molar-refractivity contribution in [3.05, 3.63) is 41.1 Å². The number of alkyl halides is 4. The molecule has 2 aromatic rings. The first kappa shape index (κ1) is 21.2. The number of nitrogens with one attached hydrogen (secondary N) is 1. The van der Waals surface area contributed by atoms with Gasteiger partial charge < -0.3 is 4.52 Å². The smallest absolute Gasteiger partial charge is 0.355 e. The molecule has 2 aromatic heterocycles. The van der Waals surface area contributed by atoms with E-state index in [9.17, 15) is 22.4 Å². The van der Waals surface area contributed by atoms with Crippen molar-refractivity contribution >= 4 is 34.1 Å². The quantitative estimate of drug-likeness (QED) is 0.379. The van der Waals surface area contributed by atoms with E-state index in [4.69, 9.17) is 16.1 Å². The standard InChI is InChI=1S/C16H14ClF4N3O2S/c1-3-4-5-10(18)8(6-17)12-11(15(25)27-2)13(26-24-12)9-7-22-23-14(9)16(19,20)21/h4-5,7H,3,6H2,1-2H3,(H,22,23)/b5-4-,10-8-. The predicted octanol–water partition coefficient (Wildman–Crippen LogP) is 5.47. The monoisotopic (exact) mass is 423 g/mol. The number of carbonyl (C=O) groups excluding carboxylic acids is 1. The Labute approximate surface area is 160 Å². The third kappa shape index (κ3) is 4.44. The molecule has 0 aliphatic heterocycles. The van der Waals surface area contributed by atoms with E-state index in [1.165, 1.54) is 12.3 Å². The lowest BCUT2D eigenvalue weighted by Crippen LogP contribution is -2.08. The molecule has 2 heterocycles. The van der Waals surface area contributed by atoms with Crippen LogP contribution < -0.4 is 0 Å². The van der Waals surface area contributed by atoms with Crippen molar-refractivity contribution in [2.45, 2.75) is 19.5 Å². The summed E-state index contributed by atoms with van der Waals surface area (Å²) in [6.07, 6.45) is 0.754. The molecule has 0 aliphatic rings. The molecule has 27 heavy (non-hydrogen) atoms. The van der Waals surface area contributed by atoms with Crippen LogP contribution in [0.4, 0.5) is 17.6 Å². The highest BCUT2D eigenvalue weighted by Crippen LogP contribution is 2.40. The van der Waals surface area contributed by atoms with Crippen molar-refractivity contribution in [2.24, 2.45) is 0 Å². The summed E-state index contributed by atoms with van der Waals surface area (Å²) >= 11 is 6.53. The molecule has 0 saturated carbocycles. The molecule has 0 fully saturated rings. The van der Waals surface area contributed by atoms with Crippen molar-refractivity contribution < 1.29 is 26.9 Å². The number of halogens is 5. The zero-order valence-electron chi connectivity index (χ0n) is 14.2. The van der Waals surface area contributed by atoms with Gasteiger partial charge in [-0.3, -0.25) is 9.89 Å². The van der Waals surface area contributed by atoms with E-state index in [0.717, 1.165) is 24.0 Å². The Morgan fingerprint density at radius 3 is 2.70 bits per heavy atom. The number of aromatic amines is 1. The molecule has 0 aliphatic carbocycles. The Morgan fingerprint density at radius 2 is 2.15 bits per heavy atom. The summed E-state index contributed by atoms with van der Waals surface area (Å²) in [5.74, 6) is -1.58. The van der Waals surface area contributed by atoms with E-state index >= 15 is 0 Å². The minimum atomic E-state index is -4.77. The maximum atomic E-state index is 14.4. The van der Waals surface area contributed by atoms with Gasteiger partial charge in [0.2, 0.25) is 5.12 Å². The Kier molecular flexibility index (Phi) is 6.88. The Bertz CT molecular complexity index is 887. The summed E-state index contributed by atoms with van der Waals surface area (Å²) in [6.45, 7) is 1.79. The Hall–Kier alpha value is -2.07. The minimum Gasteiger partial charge on any atom is -0.355 e. The summed E-state index contributed by atoms with van der Waals surface area (Å²) in [4.78, 5) is 12.4. The van der Waals surface area contributed by atoms with Crippen molar-refractivity contribution in [1.82, 2.24) is 15.4 Å². The van der Waals surface area contributed by atoms with Gasteiger partial charge in [0.05, 0.1) is 17.6 Å². The van der Waals surface area contributed by atoms with E-state index in [1.54, 1.807) is 6.92 Å². The maximum absolute atomic E-state index is 14.4. The van der Waals surface area contributed by atoms with Crippen LogP contribution in [0, 0.1) is 0 Å². The van der Waals surface area contributed by atoms with Gasteiger partial charge in [-0.1, -0.05) is 29.9 Å². The average Bonchev–Trinajstić information content (AvgIpc) is 3.26. The van der Waals surface area contributed by atoms with Crippen LogP contribution in [0.1, 0.15) is 35.1 Å². The molecule has 0 unspecified atom stereocenters.